The molecule has 9 heteroatoms. The second kappa shape index (κ2) is 5.95. The van der Waals surface area contributed by atoms with Gasteiger partial charge in [-0.05, 0) is 27.2 Å². The standard InChI is InChI=1S/C13H24N2O6S/c1-13(2,3)20-12(17)14-10-9(21-22(4,18)19)7-15-6-5-8(16)11(10)15/h8-11,16H,5-7H2,1-4H3,(H,14,17)/t8-,9-,10-,11+/m0/s1. The predicted molar refractivity (Wildman–Crippen MR) is 78.9 cm³/mol. The lowest BCUT2D eigenvalue weighted by molar-refractivity contribution is 0.0421. The summed E-state index contributed by atoms with van der Waals surface area (Å²) in [7, 11) is -3.66. The van der Waals surface area contributed by atoms with E-state index in [4.69, 9.17) is 8.92 Å². The van der Waals surface area contributed by atoms with E-state index in [9.17, 15) is 18.3 Å². The van der Waals surface area contributed by atoms with Crippen molar-refractivity contribution in [3.8, 4) is 0 Å². The van der Waals surface area contributed by atoms with E-state index in [-0.39, 0.29) is 6.04 Å². The number of carbonyl (C=O) groups is 1. The minimum Gasteiger partial charge on any atom is -0.444 e. The van der Waals surface area contributed by atoms with Crippen LogP contribution in [0.15, 0.2) is 0 Å². The molecule has 2 N–H and O–H groups in total. The first-order valence-corrected chi connectivity index (χ1v) is 9.08. The average molecular weight is 336 g/mol. The summed E-state index contributed by atoms with van der Waals surface area (Å²) < 4.78 is 33.1. The van der Waals surface area contributed by atoms with E-state index in [1.54, 1.807) is 20.8 Å². The van der Waals surface area contributed by atoms with Crippen LogP contribution in [0.3, 0.4) is 0 Å². The molecule has 128 valence electrons. The molecule has 0 bridgehead atoms. The van der Waals surface area contributed by atoms with Crippen LogP contribution in [0.1, 0.15) is 27.2 Å². The van der Waals surface area contributed by atoms with Crippen LogP contribution in [0, 0.1) is 0 Å². The van der Waals surface area contributed by atoms with Gasteiger partial charge < -0.3 is 15.2 Å². The Labute approximate surface area is 130 Å². The third-order valence-corrected chi connectivity index (χ3v) is 4.29. The summed E-state index contributed by atoms with van der Waals surface area (Å²) >= 11 is 0. The Hall–Kier alpha value is -0.900. The second-order valence-corrected chi connectivity index (χ2v) is 8.45. The third kappa shape index (κ3) is 4.31. The molecular weight excluding hydrogens is 312 g/mol. The van der Waals surface area contributed by atoms with Crippen molar-refractivity contribution in [1.82, 2.24) is 10.2 Å². The summed E-state index contributed by atoms with van der Waals surface area (Å²) in [5, 5.41) is 12.8. The summed E-state index contributed by atoms with van der Waals surface area (Å²) in [5.74, 6) is 0. The third-order valence-electron chi connectivity index (χ3n) is 3.69. The number of hydrogen-bond donors (Lipinski definition) is 2. The van der Waals surface area contributed by atoms with Gasteiger partial charge in [-0.2, -0.15) is 8.42 Å². The maximum atomic E-state index is 12.0. The molecule has 0 radical (unpaired) electrons. The van der Waals surface area contributed by atoms with Crippen molar-refractivity contribution >= 4 is 16.2 Å². The first kappa shape index (κ1) is 17.5. The topological polar surface area (TPSA) is 105 Å². The maximum absolute atomic E-state index is 12.0. The molecule has 2 saturated heterocycles. The maximum Gasteiger partial charge on any atom is 0.408 e. The van der Waals surface area contributed by atoms with Gasteiger partial charge >= 0.3 is 6.09 Å². The van der Waals surface area contributed by atoms with Gasteiger partial charge in [-0.1, -0.05) is 0 Å². The number of amides is 1. The molecule has 0 spiro atoms. The Morgan fingerprint density at radius 2 is 2.00 bits per heavy atom. The second-order valence-electron chi connectivity index (χ2n) is 6.85. The monoisotopic (exact) mass is 336 g/mol. The highest BCUT2D eigenvalue weighted by Crippen LogP contribution is 2.31. The predicted octanol–water partition coefficient (Wildman–Crippen LogP) is -0.327. The quantitative estimate of drug-likeness (QED) is 0.680. The molecule has 22 heavy (non-hydrogen) atoms. The Bertz CT molecular complexity index is 529. The molecule has 0 aliphatic carbocycles. The zero-order valence-corrected chi connectivity index (χ0v) is 14.1. The van der Waals surface area contributed by atoms with E-state index >= 15 is 0 Å². The highest BCUT2D eigenvalue weighted by atomic mass is 32.2. The van der Waals surface area contributed by atoms with E-state index in [2.05, 4.69) is 5.32 Å². The van der Waals surface area contributed by atoms with Gasteiger partial charge in [-0.15, -0.1) is 0 Å². The molecule has 0 aromatic rings. The number of hydrogen-bond acceptors (Lipinski definition) is 7. The molecule has 2 rings (SSSR count). The van der Waals surface area contributed by atoms with Gasteiger partial charge in [-0.3, -0.25) is 9.08 Å². The number of rotatable bonds is 3. The highest BCUT2D eigenvalue weighted by molar-refractivity contribution is 7.86. The average Bonchev–Trinajstić information content (AvgIpc) is 2.77. The van der Waals surface area contributed by atoms with Crippen LogP contribution in [-0.2, 0) is 19.0 Å². The molecule has 1 amide bonds. The largest absolute Gasteiger partial charge is 0.444 e. The SMILES string of the molecule is CC(C)(C)OC(=O)N[C@@H]1[C@H]2[C@@H](O)CCN2C[C@@H]1OS(C)(=O)=O. The van der Waals surface area contributed by atoms with E-state index in [0.717, 1.165) is 6.26 Å². The molecule has 0 saturated carbocycles. The van der Waals surface area contributed by atoms with E-state index in [1.165, 1.54) is 0 Å². The molecular formula is C13H24N2O6S. The number of fused-ring (bicyclic) bond motifs is 1. The zero-order valence-electron chi connectivity index (χ0n) is 13.3. The lowest BCUT2D eigenvalue weighted by atomic mass is 10.0. The summed E-state index contributed by atoms with van der Waals surface area (Å²) in [5.41, 5.74) is -0.663. The van der Waals surface area contributed by atoms with Gasteiger partial charge in [0, 0.05) is 13.1 Å². The fraction of sp³-hybridized carbons (Fsp3) is 0.923. The van der Waals surface area contributed by atoms with Crippen molar-refractivity contribution in [2.45, 2.75) is 57.1 Å². The van der Waals surface area contributed by atoms with Crippen LogP contribution >= 0.6 is 0 Å². The van der Waals surface area contributed by atoms with Crippen LogP contribution in [-0.4, -0.2) is 73.8 Å². The summed E-state index contributed by atoms with van der Waals surface area (Å²) in [4.78, 5) is 13.9. The van der Waals surface area contributed by atoms with Gasteiger partial charge in [0.25, 0.3) is 10.1 Å². The van der Waals surface area contributed by atoms with Crippen molar-refractivity contribution in [1.29, 1.82) is 0 Å². The van der Waals surface area contributed by atoms with Crippen molar-refractivity contribution in [2.75, 3.05) is 19.3 Å². The Morgan fingerprint density at radius 3 is 2.55 bits per heavy atom. The molecule has 0 aromatic carbocycles. The van der Waals surface area contributed by atoms with Crippen LogP contribution in [0.2, 0.25) is 0 Å². The number of alkyl carbamates (subject to hydrolysis) is 1. The number of aliphatic hydroxyl groups excluding tert-OH is 1. The van der Waals surface area contributed by atoms with Crippen LogP contribution in [0.25, 0.3) is 0 Å². The van der Waals surface area contributed by atoms with Crippen molar-refractivity contribution in [3.63, 3.8) is 0 Å². The molecule has 2 aliphatic heterocycles. The number of nitrogens with zero attached hydrogens (tertiary/aromatic N) is 1. The number of ether oxygens (including phenoxy) is 1. The Balaban J connectivity index is 2.12. The summed E-state index contributed by atoms with van der Waals surface area (Å²) in [6, 6.07) is -0.999. The highest BCUT2D eigenvalue weighted by Gasteiger charge is 2.51. The van der Waals surface area contributed by atoms with Crippen LogP contribution in [0.5, 0.6) is 0 Å². The number of aliphatic hydroxyl groups is 1. The van der Waals surface area contributed by atoms with Gasteiger partial charge in [0.2, 0.25) is 0 Å². The molecule has 8 nitrogen and oxygen atoms in total. The van der Waals surface area contributed by atoms with Crippen molar-refractivity contribution < 1.29 is 27.2 Å². The van der Waals surface area contributed by atoms with Gasteiger partial charge in [0.05, 0.1) is 24.4 Å². The first-order chi connectivity index (χ1) is 9.96. The lowest BCUT2D eigenvalue weighted by Gasteiger charge is -2.28. The summed E-state index contributed by atoms with van der Waals surface area (Å²) in [6.45, 7) is 6.20. The van der Waals surface area contributed by atoms with Gasteiger partial charge in [0.1, 0.15) is 11.7 Å². The lowest BCUT2D eigenvalue weighted by Crippen LogP contribution is -2.52. The molecule has 2 fully saturated rings. The number of nitrogens with one attached hydrogen (secondary N) is 1. The number of carbonyl (C=O) groups excluding carboxylic acids is 1. The van der Waals surface area contributed by atoms with Gasteiger partial charge in [0.15, 0.2) is 0 Å². The smallest absolute Gasteiger partial charge is 0.408 e. The fourth-order valence-electron chi connectivity index (χ4n) is 3.04. The molecule has 2 aliphatic rings. The Morgan fingerprint density at radius 1 is 1.36 bits per heavy atom. The molecule has 4 atom stereocenters. The first-order valence-electron chi connectivity index (χ1n) is 7.26. The molecule has 2 heterocycles. The normalized spacial score (nSPS) is 32.8. The van der Waals surface area contributed by atoms with Crippen molar-refractivity contribution in [2.24, 2.45) is 0 Å². The Kier molecular flexibility index (Phi) is 4.72. The molecule has 0 unspecified atom stereocenters. The van der Waals surface area contributed by atoms with Gasteiger partial charge in [-0.25, -0.2) is 4.79 Å². The summed E-state index contributed by atoms with van der Waals surface area (Å²) in [6.07, 6.45) is -0.462. The van der Waals surface area contributed by atoms with E-state index in [0.29, 0.717) is 19.5 Å². The van der Waals surface area contributed by atoms with E-state index < -0.39 is 40.1 Å². The van der Waals surface area contributed by atoms with Crippen LogP contribution in [0.4, 0.5) is 4.79 Å². The van der Waals surface area contributed by atoms with Crippen molar-refractivity contribution in [3.05, 3.63) is 0 Å². The fourth-order valence-corrected chi connectivity index (χ4v) is 3.67. The minimum atomic E-state index is -3.66. The molecule has 0 aromatic heterocycles. The minimum absolute atomic E-state index is 0.343. The van der Waals surface area contributed by atoms with E-state index in [1.807, 2.05) is 4.90 Å². The van der Waals surface area contributed by atoms with Crippen LogP contribution < -0.4 is 5.32 Å². The zero-order chi connectivity index (χ0) is 16.7.